The molecular formula is C19H22BN7O3. The van der Waals surface area contributed by atoms with Crippen LogP contribution in [0.5, 0.6) is 5.88 Å². The normalized spacial score (nSPS) is 21.5. The Labute approximate surface area is 174 Å². The van der Waals surface area contributed by atoms with Crippen LogP contribution in [0.25, 0.3) is 11.0 Å². The minimum Gasteiger partial charge on any atom is -0.467 e. The molecule has 0 aromatic carbocycles. The predicted molar refractivity (Wildman–Crippen MR) is 111 cm³/mol. The predicted octanol–water partition coefficient (Wildman–Crippen LogP) is 0.0235. The maximum atomic E-state index is 9.65. The van der Waals surface area contributed by atoms with Crippen molar-refractivity contribution in [2.75, 3.05) is 31.7 Å². The first-order chi connectivity index (χ1) is 14.5. The molecule has 2 saturated heterocycles. The second-order valence-corrected chi connectivity index (χ2v) is 7.86. The van der Waals surface area contributed by atoms with E-state index in [1.165, 1.54) is 0 Å². The highest BCUT2D eigenvalue weighted by molar-refractivity contribution is 6.35. The van der Waals surface area contributed by atoms with E-state index in [1.54, 1.807) is 10.9 Å². The summed E-state index contributed by atoms with van der Waals surface area (Å²) in [5, 5.41) is 18.2. The number of aromatic nitrogens is 5. The van der Waals surface area contributed by atoms with Crippen molar-refractivity contribution in [2.45, 2.75) is 19.1 Å². The highest BCUT2D eigenvalue weighted by atomic mass is 16.6. The molecule has 2 aliphatic heterocycles. The Kier molecular flexibility index (Phi) is 4.60. The largest absolute Gasteiger partial charge is 0.467 e. The van der Waals surface area contributed by atoms with Crippen molar-refractivity contribution in [3.8, 4) is 11.9 Å². The van der Waals surface area contributed by atoms with Crippen molar-refractivity contribution in [1.29, 1.82) is 5.26 Å². The summed E-state index contributed by atoms with van der Waals surface area (Å²) in [5.41, 5.74) is 2.90. The molecular weight excluding hydrogens is 385 g/mol. The van der Waals surface area contributed by atoms with Gasteiger partial charge in [0.2, 0.25) is 5.95 Å². The summed E-state index contributed by atoms with van der Waals surface area (Å²) in [6, 6.07) is 4.17. The summed E-state index contributed by atoms with van der Waals surface area (Å²) in [4.78, 5) is 9.19. The quantitative estimate of drug-likeness (QED) is 0.590. The zero-order valence-corrected chi connectivity index (χ0v) is 17.1. The second kappa shape index (κ2) is 7.30. The Morgan fingerprint density at radius 2 is 2.10 bits per heavy atom. The van der Waals surface area contributed by atoms with Gasteiger partial charge in [0.25, 0.3) is 5.88 Å². The molecule has 3 aromatic rings. The topological polar surface area (TPSA) is 112 Å². The molecule has 154 valence electrons. The monoisotopic (exact) mass is 407 g/mol. The lowest BCUT2D eigenvalue weighted by Gasteiger charge is -2.26. The summed E-state index contributed by atoms with van der Waals surface area (Å²) in [7, 11) is 3.81. The van der Waals surface area contributed by atoms with Gasteiger partial charge in [0.15, 0.2) is 7.85 Å². The number of anilines is 2. The molecule has 5 rings (SSSR count). The number of ether oxygens (including phenoxy) is 3. The van der Waals surface area contributed by atoms with Gasteiger partial charge in [-0.1, -0.05) is 6.92 Å². The summed E-state index contributed by atoms with van der Waals surface area (Å²) in [6.07, 6.45) is 1.73. The lowest BCUT2D eigenvalue weighted by Crippen LogP contribution is -2.38. The van der Waals surface area contributed by atoms with Crippen LogP contribution in [0.1, 0.15) is 18.7 Å². The Balaban J connectivity index is 1.52. The number of nitrogens with zero attached hydrogens (tertiary/aromatic N) is 6. The number of fused-ring (bicyclic) bond motifs is 1. The van der Waals surface area contributed by atoms with E-state index in [-0.39, 0.29) is 12.1 Å². The van der Waals surface area contributed by atoms with Crippen LogP contribution in [0.2, 0.25) is 0 Å². The number of hydrogen-bond acceptors (Lipinski definition) is 8. The Morgan fingerprint density at radius 1 is 1.30 bits per heavy atom. The lowest BCUT2D eigenvalue weighted by molar-refractivity contribution is -0.0812. The van der Waals surface area contributed by atoms with E-state index >= 15 is 0 Å². The van der Waals surface area contributed by atoms with Crippen molar-refractivity contribution < 1.29 is 14.2 Å². The third-order valence-corrected chi connectivity index (χ3v) is 5.77. The van der Waals surface area contributed by atoms with Gasteiger partial charge in [0, 0.05) is 30.1 Å². The standard InChI is InChI=1S/C19H22BN7O3/c1-10-6-28-9-14(10)27-12(4-21)3-11-5-22-19(24-17(11)27)23-15-16(20)26(2)25-18(15)30-13-7-29-8-13/h3,5,10,13-14H,6-9,20H2,1-2H3,(H,22,23,24)/t10?,14-/m0/s1. The second-order valence-electron chi connectivity index (χ2n) is 7.86. The zero-order chi connectivity index (χ0) is 20.8. The fraction of sp³-hybridized carbons (Fsp3) is 0.474. The molecule has 0 spiro atoms. The van der Waals surface area contributed by atoms with Crippen LogP contribution in [0.15, 0.2) is 12.3 Å². The number of aryl methyl sites for hydroxylation is 1. The molecule has 30 heavy (non-hydrogen) atoms. The van der Waals surface area contributed by atoms with Crippen LogP contribution in [0, 0.1) is 17.2 Å². The van der Waals surface area contributed by atoms with Gasteiger partial charge in [-0.3, -0.25) is 4.68 Å². The van der Waals surface area contributed by atoms with E-state index in [0.29, 0.717) is 55.5 Å². The van der Waals surface area contributed by atoms with E-state index in [2.05, 4.69) is 28.4 Å². The van der Waals surface area contributed by atoms with Crippen LogP contribution < -0.4 is 15.6 Å². The average molecular weight is 407 g/mol. The van der Waals surface area contributed by atoms with E-state index < -0.39 is 0 Å². The first-order valence-corrected chi connectivity index (χ1v) is 9.96. The van der Waals surface area contributed by atoms with Crippen LogP contribution in [-0.2, 0) is 16.5 Å². The van der Waals surface area contributed by atoms with Crippen molar-refractivity contribution in [1.82, 2.24) is 24.3 Å². The summed E-state index contributed by atoms with van der Waals surface area (Å²) in [5.74, 6) is 1.21. The van der Waals surface area contributed by atoms with Crippen molar-refractivity contribution in [2.24, 2.45) is 13.0 Å². The maximum absolute atomic E-state index is 9.65. The molecule has 11 heteroatoms. The molecule has 10 nitrogen and oxygen atoms in total. The third-order valence-electron chi connectivity index (χ3n) is 5.77. The number of rotatable bonds is 5. The summed E-state index contributed by atoms with van der Waals surface area (Å²) in [6.45, 7) is 4.48. The molecule has 2 fully saturated rings. The Morgan fingerprint density at radius 3 is 2.77 bits per heavy atom. The van der Waals surface area contributed by atoms with Gasteiger partial charge in [-0.15, -0.1) is 5.10 Å². The average Bonchev–Trinajstić information content (AvgIpc) is 3.35. The number of nitrogens with one attached hydrogen (secondary N) is 1. The Bertz CT molecular complexity index is 1150. The van der Waals surface area contributed by atoms with Gasteiger partial charge in [-0.05, 0) is 6.07 Å². The minimum absolute atomic E-state index is 0.00233. The van der Waals surface area contributed by atoms with Crippen molar-refractivity contribution >= 4 is 36.1 Å². The smallest absolute Gasteiger partial charge is 0.256 e. The molecule has 2 atom stereocenters. The number of hydrogen-bond donors (Lipinski definition) is 1. The van der Waals surface area contributed by atoms with Gasteiger partial charge >= 0.3 is 0 Å². The van der Waals surface area contributed by atoms with Crippen molar-refractivity contribution in [3.05, 3.63) is 18.0 Å². The van der Waals surface area contributed by atoms with Crippen LogP contribution in [-0.4, -0.2) is 64.7 Å². The first kappa shape index (κ1) is 18.9. The molecule has 0 bridgehead atoms. The van der Waals surface area contributed by atoms with Crippen LogP contribution in [0.3, 0.4) is 0 Å². The van der Waals surface area contributed by atoms with Crippen molar-refractivity contribution in [3.63, 3.8) is 0 Å². The number of nitriles is 1. The van der Waals surface area contributed by atoms with Gasteiger partial charge in [0.1, 0.15) is 29.2 Å². The Hall–Kier alpha value is -3.10. The third kappa shape index (κ3) is 3.09. The molecule has 0 aliphatic carbocycles. The minimum atomic E-state index is 0.00233. The molecule has 2 aliphatic rings. The summed E-state index contributed by atoms with van der Waals surface area (Å²) >= 11 is 0. The van der Waals surface area contributed by atoms with Gasteiger partial charge < -0.3 is 24.1 Å². The van der Waals surface area contributed by atoms with Crippen LogP contribution >= 0.6 is 0 Å². The molecule has 1 N–H and O–H groups in total. The zero-order valence-electron chi connectivity index (χ0n) is 17.1. The lowest BCUT2D eigenvalue weighted by atomic mass is 10.0. The maximum Gasteiger partial charge on any atom is 0.256 e. The molecule has 0 radical (unpaired) electrons. The van der Waals surface area contributed by atoms with Gasteiger partial charge in [-0.25, -0.2) is 4.98 Å². The first-order valence-electron chi connectivity index (χ1n) is 9.96. The van der Waals surface area contributed by atoms with Gasteiger partial charge in [0.05, 0.1) is 32.5 Å². The van der Waals surface area contributed by atoms with Gasteiger partial charge in [-0.2, -0.15) is 10.2 Å². The molecule has 1 unspecified atom stereocenters. The molecule has 0 amide bonds. The summed E-state index contributed by atoms with van der Waals surface area (Å²) < 4.78 is 20.5. The SMILES string of the molecule is Bc1c(Nc2ncc3cc(C#N)n([C@H]4COCC4C)c3n2)c(OC2COC2)nn1C. The van der Waals surface area contributed by atoms with E-state index in [9.17, 15) is 5.26 Å². The van der Waals surface area contributed by atoms with Crippen LogP contribution in [0.4, 0.5) is 11.6 Å². The van der Waals surface area contributed by atoms with E-state index in [4.69, 9.17) is 19.2 Å². The van der Waals surface area contributed by atoms with E-state index in [0.717, 1.165) is 16.7 Å². The fourth-order valence-electron chi connectivity index (χ4n) is 3.82. The molecule has 3 aromatic heterocycles. The van der Waals surface area contributed by atoms with E-state index in [1.807, 2.05) is 25.5 Å². The molecule has 5 heterocycles. The highest BCUT2D eigenvalue weighted by Crippen LogP contribution is 2.32. The highest BCUT2D eigenvalue weighted by Gasteiger charge is 2.30. The molecule has 0 saturated carbocycles. The fourth-order valence-corrected chi connectivity index (χ4v) is 3.82.